The molecule has 7 rings (SSSR count). The summed E-state index contributed by atoms with van der Waals surface area (Å²) >= 11 is 0.490. The molecule has 1 saturated carbocycles. The first-order chi connectivity index (χ1) is 28.3. The highest BCUT2D eigenvalue weighted by Crippen LogP contribution is 2.50. The SMILES string of the molecule is [2H]C([2H])([2H])N1CC/C(=C\F)[C@](C)(C([2H])([2H])Oc2nc(N3CCOC[C@H]4[C@H](F)[C@H]43)c3cc(C(F)(F)F)c(-c4ccc(F)c5sc(NC(=O)OC(C)(C)C)c(C#N)c45)c(F)c3n2)C1. The topological polar surface area (TPSA) is 113 Å². The Morgan fingerprint density at radius 3 is 2.71 bits per heavy atom. The van der Waals surface area contributed by atoms with Crippen LogP contribution in [0.15, 0.2) is 30.1 Å². The highest BCUT2D eigenvalue weighted by atomic mass is 32.1. The number of anilines is 2. The Morgan fingerprint density at radius 2 is 2.04 bits per heavy atom. The van der Waals surface area contributed by atoms with Crippen LogP contribution in [-0.4, -0.2) is 85.2 Å². The Hall–Kier alpha value is -4.73. The van der Waals surface area contributed by atoms with Gasteiger partial charge in [0.15, 0.2) is 5.82 Å². The van der Waals surface area contributed by atoms with Crippen LogP contribution in [0.3, 0.4) is 0 Å². The van der Waals surface area contributed by atoms with E-state index in [-0.39, 0.29) is 49.6 Å². The van der Waals surface area contributed by atoms with Crippen molar-refractivity contribution in [2.45, 2.75) is 58.1 Å². The zero-order valence-electron chi connectivity index (χ0n) is 35.2. The predicted octanol–water partition coefficient (Wildman–Crippen LogP) is 8.77. The third kappa shape index (κ3) is 7.20. The minimum absolute atomic E-state index is 0.0482. The fraction of sp³-hybridized carbons (Fsp3) is 0.474. The lowest BCUT2D eigenvalue weighted by Crippen LogP contribution is -2.44. The number of amides is 1. The number of carbonyl (C=O) groups excluding carboxylic acids is 1. The van der Waals surface area contributed by atoms with Crippen LogP contribution in [0, 0.1) is 34.3 Å². The van der Waals surface area contributed by atoms with Gasteiger partial charge in [0.25, 0.3) is 0 Å². The normalized spacial score (nSPS) is 25.7. The molecule has 2 saturated heterocycles. The van der Waals surface area contributed by atoms with E-state index < -0.39 is 128 Å². The highest BCUT2D eigenvalue weighted by Gasteiger charge is 2.56. The second kappa shape index (κ2) is 14.3. The van der Waals surface area contributed by atoms with Crippen molar-refractivity contribution in [1.29, 1.82) is 5.26 Å². The van der Waals surface area contributed by atoms with Gasteiger partial charge in [0.2, 0.25) is 0 Å². The molecule has 18 heteroatoms. The molecule has 298 valence electrons. The fourth-order valence-corrected chi connectivity index (χ4v) is 8.19. The van der Waals surface area contributed by atoms with E-state index in [0.717, 1.165) is 17.0 Å². The van der Waals surface area contributed by atoms with Gasteiger partial charge in [-0.25, -0.2) is 22.4 Å². The minimum Gasteiger partial charge on any atom is -0.462 e. The average Bonchev–Trinajstić information content (AvgIpc) is 3.71. The average molecular weight is 812 g/mol. The molecular weight excluding hydrogens is 770 g/mol. The van der Waals surface area contributed by atoms with E-state index in [1.54, 1.807) is 26.8 Å². The van der Waals surface area contributed by atoms with E-state index in [4.69, 9.17) is 21.1 Å². The molecule has 0 radical (unpaired) electrons. The van der Waals surface area contributed by atoms with Crippen molar-refractivity contribution >= 4 is 49.2 Å². The van der Waals surface area contributed by atoms with Gasteiger partial charge in [0.05, 0.1) is 44.2 Å². The van der Waals surface area contributed by atoms with Gasteiger partial charge in [0, 0.05) is 51.4 Å². The van der Waals surface area contributed by atoms with Crippen LogP contribution in [0.4, 0.5) is 46.3 Å². The highest BCUT2D eigenvalue weighted by molar-refractivity contribution is 7.23. The number of alkyl halides is 4. The van der Waals surface area contributed by atoms with Crippen molar-refractivity contribution in [3.05, 3.63) is 52.9 Å². The van der Waals surface area contributed by atoms with Crippen molar-refractivity contribution in [1.82, 2.24) is 14.9 Å². The number of hydrogen-bond acceptors (Lipinski definition) is 10. The van der Waals surface area contributed by atoms with Crippen LogP contribution in [0.1, 0.15) is 52.1 Å². The number of nitrogens with one attached hydrogen (secondary N) is 1. The number of carbonyl (C=O) groups is 1. The maximum atomic E-state index is 17.5. The summed E-state index contributed by atoms with van der Waals surface area (Å²) in [6, 6.07) is 1.84. The molecule has 0 unspecified atom stereocenters. The summed E-state index contributed by atoms with van der Waals surface area (Å²) in [5.41, 5.74) is -8.17. The third-order valence-electron chi connectivity index (χ3n) is 9.80. The summed E-state index contributed by atoms with van der Waals surface area (Å²) in [6.45, 7) is -1.04. The summed E-state index contributed by atoms with van der Waals surface area (Å²) in [5.74, 6) is -3.97. The monoisotopic (exact) mass is 811 g/mol. The van der Waals surface area contributed by atoms with Crippen LogP contribution in [0.5, 0.6) is 6.01 Å². The zero-order valence-corrected chi connectivity index (χ0v) is 31.0. The van der Waals surface area contributed by atoms with Crippen molar-refractivity contribution in [3.63, 3.8) is 0 Å². The lowest BCUT2D eigenvalue weighted by atomic mass is 9.78. The van der Waals surface area contributed by atoms with Crippen molar-refractivity contribution in [3.8, 4) is 23.2 Å². The molecule has 3 fully saturated rings. The number of aromatic nitrogens is 2. The van der Waals surface area contributed by atoms with Gasteiger partial charge in [-0.2, -0.15) is 28.4 Å². The van der Waals surface area contributed by atoms with E-state index in [1.807, 2.05) is 0 Å². The van der Waals surface area contributed by atoms with Gasteiger partial charge in [-0.15, -0.1) is 11.3 Å². The van der Waals surface area contributed by atoms with Gasteiger partial charge < -0.3 is 24.0 Å². The molecule has 1 amide bonds. The Kier molecular flexibility index (Phi) is 8.55. The second-order valence-corrected chi connectivity index (χ2v) is 15.9. The third-order valence-corrected chi connectivity index (χ3v) is 10.9. The van der Waals surface area contributed by atoms with Crippen molar-refractivity contribution in [2.24, 2.45) is 11.3 Å². The van der Waals surface area contributed by atoms with Gasteiger partial charge >= 0.3 is 18.3 Å². The summed E-state index contributed by atoms with van der Waals surface area (Å²) in [7, 11) is 0. The number of nitrogens with zero attached hydrogens (tertiary/aromatic N) is 5. The number of likely N-dealkylation sites (tertiary alicyclic amines) is 1. The van der Waals surface area contributed by atoms with Crippen LogP contribution in [0.25, 0.3) is 32.1 Å². The number of piperidine rings is 1. The van der Waals surface area contributed by atoms with Gasteiger partial charge in [-0.1, -0.05) is 13.0 Å². The molecule has 3 aliphatic rings. The predicted molar refractivity (Wildman–Crippen MR) is 195 cm³/mol. The molecule has 1 N–H and O–H groups in total. The molecule has 56 heavy (non-hydrogen) atoms. The van der Waals surface area contributed by atoms with Crippen molar-refractivity contribution < 1.29 is 56.6 Å². The van der Waals surface area contributed by atoms with Crippen LogP contribution in [0.2, 0.25) is 0 Å². The number of thiophene rings is 1. The van der Waals surface area contributed by atoms with E-state index in [0.29, 0.717) is 17.4 Å². The van der Waals surface area contributed by atoms with Gasteiger partial charge in [0.1, 0.15) is 46.6 Å². The Labute approximate surface area is 327 Å². The van der Waals surface area contributed by atoms with Crippen LogP contribution >= 0.6 is 11.3 Å². The summed E-state index contributed by atoms with van der Waals surface area (Å²) in [6.07, 6.45) is -8.09. The molecule has 1 aliphatic carbocycles. The Morgan fingerprint density at radius 1 is 1.27 bits per heavy atom. The van der Waals surface area contributed by atoms with E-state index in [2.05, 4.69) is 15.3 Å². The number of rotatable bonds is 6. The van der Waals surface area contributed by atoms with E-state index in [9.17, 15) is 14.4 Å². The molecule has 0 spiro atoms. The van der Waals surface area contributed by atoms with Crippen LogP contribution < -0.4 is 15.0 Å². The summed E-state index contributed by atoms with van der Waals surface area (Å²) in [5, 5.41) is 11.1. The van der Waals surface area contributed by atoms with E-state index in [1.165, 1.54) is 11.8 Å². The number of hydrogen-bond donors (Lipinski definition) is 1. The fourth-order valence-electron chi connectivity index (χ4n) is 7.13. The molecule has 0 bridgehead atoms. The van der Waals surface area contributed by atoms with Gasteiger partial charge in [-0.3, -0.25) is 5.32 Å². The smallest absolute Gasteiger partial charge is 0.417 e. The maximum Gasteiger partial charge on any atom is 0.417 e. The maximum absolute atomic E-state index is 17.5. The quantitative estimate of drug-likeness (QED) is 0.191. The largest absolute Gasteiger partial charge is 0.462 e. The first kappa shape index (κ1) is 33.4. The minimum atomic E-state index is -5.36. The summed E-state index contributed by atoms with van der Waals surface area (Å²) in [4.78, 5) is 23.2. The lowest BCUT2D eigenvalue weighted by molar-refractivity contribution is -0.137. The molecule has 2 aromatic carbocycles. The number of nitriles is 1. The Bertz CT molecular complexity index is 2510. The number of halogens is 7. The molecule has 2 aromatic heterocycles. The zero-order chi connectivity index (χ0) is 44.8. The molecule has 10 nitrogen and oxygen atoms in total. The van der Waals surface area contributed by atoms with E-state index >= 15 is 26.3 Å². The number of benzene rings is 2. The first-order valence-corrected chi connectivity index (χ1v) is 18.1. The molecule has 4 heterocycles. The standard InChI is InChI=1S/C38H37F7N6O4S/c1-36(2,3)55-35(52)49-33-21(14-46)25-19(6-7-24(40)31(25)56-33)26-23(38(43,44)45)12-20-29(28(26)42)47-34(54-17-37(4)16-50(5)9-8-18(37)13-39)48-32(20)51-10-11-53-15-22-27(41)30(22)51/h6-7,12-13,22,27,30H,8-11,15-17H2,1-5H3,(H,49,52)/b18-13+/t22-,27-,30-,37-/m0/s1/i5D3,17D2. The first-order valence-electron chi connectivity index (χ1n) is 19.8. The molecule has 4 atom stereocenters. The molecular formula is C38H37F7N6O4S. The molecule has 4 aromatic rings. The van der Waals surface area contributed by atoms with Crippen molar-refractivity contribution in [2.75, 3.05) is 56.6 Å². The van der Waals surface area contributed by atoms with Crippen LogP contribution in [-0.2, 0) is 15.7 Å². The van der Waals surface area contributed by atoms with Gasteiger partial charge in [-0.05, 0) is 57.4 Å². The Balaban J connectivity index is 1.47. The lowest BCUT2D eigenvalue weighted by Gasteiger charge is -2.40. The summed E-state index contributed by atoms with van der Waals surface area (Å²) < 4.78 is 166. The number of fused-ring (bicyclic) bond motifs is 3. The molecule has 2 aliphatic heterocycles. The second-order valence-electron chi connectivity index (χ2n) is 14.9. The number of ether oxygens (including phenoxy) is 3.